The summed E-state index contributed by atoms with van der Waals surface area (Å²) in [6, 6.07) is 7.18. The number of hydrogen-bond acceptors (Lipinski definition) is 3. The van der Waals surface area contributed by atoms with Crippen molar-refractivity contribution in [3.05, 3.63) is 35.4 Å². The Bertz CT molecular complexity index is 427. The van der Waals surface area contributed by atoms with E-state index in [0.29, 0.717) is 31.5 Å². The van der Waals surface area contributed by atoms with Crippen LogP contribution in [0.4, 0.5) is 0 Å². The van der Waals surface area contributed by atoms with Crippen molar-refractivity contribution in [1.29, 1.82) is 0 Å². The fourth-order valence-corrected chi connectivity index (χ4v) is 1.56. The number of nitrogens with zero attached hydrogens (tertiary/aromatic N) is 1. The first kappa shape index (κ1) is 15.2. The first-order chi connectivity index (χ1) is 9.04. The smallest absolute Gasteiger partial charge is 0.251 e. The van der Waals surface area contributed by atoms with Crippen molar-refractivity contribution in [1.82, 2.24) is 10.2 Å². The molecule has 0 bridgehead atoms. The van der Waals surface area contributed by atoms with Crippen LogP contribution in [0.1, 0.15) is 28.8 Å². The molecule has 0 spiro atoms. The van der Waals surface area contributed by atoms with E-state index in [9.17, 15) is 9.59 Å². The standard InChI is InChI=1S/C14H21N3O2/c1-17(2)13(18)4-3-9-16-14(19)12-7-5-11(10-15)6-8-12/h5-8H,3-4,9-10,15H2,1-2H3,(H,16,19). The molecule has 2 amide bonds. The Labute approximate surface area is 113 Å². The lowest BCUT2D eigenvalue weighted by Gasteiger charge is -2.10. The maximum Gasteiger partial charge on any atom is 0.251 e. The van der Waals surface area contributed by atoms with E-state index in [0.717, 1.165) is 5.56 Å². The molecule has 1 aromatic rings. The van der Waals surface area contributed by atoms with Crippen molar-refractivity contribution < 1.29 is 9.59 Å². The van der Waals surface area contributed by atoms with Gasteiger partial charge in [-0.15, -0.1) is 0 Å². The van der Waals surface area contributed by atoms with Gasteiger partial charge >= 0.3 is 0 Å². The van der Waals surface area contributed by atoms with Gasteiger partial charge in [-0.05, 0) is 24.1 Å². The van der Waals surface area contributed by atoms with Crippen molar-refractivity contribution in [3.8, 4) is 0 Å². The molecule has 3 N–H and O–H groups in total. The lowest BCUT2D eigenvalue weighted by molar-refractivity contribution is -0.128. The van der Waals surface area contributed by atoms with Gasteiger partial charge in [0, 0.05) is 39.2 Å². The van der Waals surface area contributed by atoms with E-state index in [1.54, 1.807) is 31.1 Å². The second-order valence-electron chi connectivity index (χ2n) is 4.55. The molecule has 104 valence electrons. The van der Waals surface area contributed by atoms with E-state index >= 15 is 0 Å². The summed E-state index contributed by atoms with van der Waals surface area (Å²) in [5, 5.41) is 2.79. The monoisotopic (exact) mass is 263 g/mol. The van der Waals surface area contributed by atoms with E-state index in [4.69, 9.17) is 5.73 Å². The van der Waals surface area contributed by atoms with Crippen molar-refractivity contribution in [2.75, 3.05) is 20.6 Å². The summed E-state index contributed by atoms with van der Waals surface area (Å²) in [5.41, 5.74) is 7.09. The fourth-order valence-electron chi connectivity index (χ4n) is 1.56. The van der Waals surface area contributed by atoms with E-state index in [1.807, 2.05) is 12.1 Å². The first-order valence-electron chi connectivity index (χ1n) is 6.32. The molecule has 0 heterocycles. The minimum Gasteiger partial charge on any atom is -0.352 e. The van der Waals surface area contributed by atoms with Gasteiger partial charge in [0.15, 0.2) is 0 Å². The molecule has 0 unspecified atom stereocenters. The summed E-state index contributed by atoms with van der Waals surface area (Å²) in [6.45, 7) is 0.964. The number of nitrogens with two attached hydrogens (primary N) is 1. The van der Waals surface area contributed by atoms with E-state index < -0.39 is 0 Å². The molecule has 0 saturated heterocycles. The zero-order valence-corrected chi connectivity index (χ0v) is 11.5. The van der Waals surface area contributed by atoms with Crippen molar-refractivity contribution in [2.45, 2.75) is 19.4 Å². The molecule has 0 aromatic heterocycles. The summed E-state index contributed by atoms with van der Waals surface area (Å²) in [5.74, 6) is -0.0533. The minimum absolute atomic E-state index is 0.0709. The second-order valence-corrected chi connectivity index (χ2v) is 4.55. The second kappa shape index (κ2) is 7.53. The molecule has 1 aromatic carbocycles. The van der Waals surface area contributed by atoms with Crippen LogP contribution in [0.25, 0.3) is 0 Å². The van der Waals surface area contributed by atoms with Crippen molar-refractivity contribution >= 4 is 11.8 Å². The van der Waals surface area contributed by atoms with Crippen LogP contribution in [-0.2, 0) is 11.3 Å². The van der Waals surface area contributed by atoms with Crippen LogP contribution < -0.4 is 11.1 Å². The summed E-state index contributed by atoms with van der Waals surface area (Å²) in [7, 11) is 3.44. The zero-order valence-electron chi connectivity index (χ0n) is 11.5. The fraction of sp³-hybridized carbons (Fsp3) is 0.429. The number of rotatable bonds is 6. The molecule has 0 radical (unpaired) electrons. The predicted molar refractivity (Wildman–Crippen MR) is 74.6 cm³/mol. The van der Waals surface area contributed by atoms with Gasteiger partial charge in [0.1, 0.15) is 0 Å². The maximum atomic E-state index is 11.8. The Morgan fingerprint density at radius 3 is 2.37 bits per heavy atom. The Kier molecular flexibility index (Phi) is 6.02. The molecule has 5 heteroatoms. The van der Waals surface area contributed by atoms with Gasteiger partial charge < -0.3 is 16.0 Å². The molecule has 0 aliphatic rings. The zero-order chi connectivity index (χ0) is 14.3. The Morgan fingerprint density at radius 1 is 1.21 bits per heavy atom. The number of nitrogens with one attached hydrogen (secondary N) is 1. The summed E-state index contributed by atoms with van der Waals surface area (Å²) in [6.07, 6.45) is 1.09. The van der Waals surface area contributed by atoms with Gasteiger partial charge in [-0.1, -0.05) is 12.1 Å². The molecule has 0 saturated carbocycles. The highest BCUT2D eigenvalue weighted by Gasteiger charge is 2.06. The highest BCUT2D eigenvalue weighted by atomic mass is 16.2. The number of carbonyl (C=O) groups is 2. The van der Waals surface area contributed by atoms with E-state index in [1.165, 1.54) is 0 Å². The molecule has 0 aliphatic carbocycles. The summed E-state index contributed by atoms with van der Waals surface area (Å²) in [4.78, 5) is 24.7. The maximum absolute atomic E-state index is 11.8. The lowest BCUT2D eigenvalue weighted by atomic mass is 10.1. The average molecular weight is 263 g/mol. The van der Waals surface area contributed by atoms with Crippen molar-refractivity contribution in [3.63, 3.8) is 0 Å². The number of benzene rings is 1. The summed E-state index contributed by atoms with van der Waals surface area (Å²) >= 11 is 0. The van der Waals surface area contributed by atoms with Crippen LogP contribution in [-0.4, -0.2) is 37.4 Å². The highest BCUT2D eigenvalue weighted by Crippen LogP contribution is 2.03. The lowest BCUT2D eigenvalue weighted by Crippen LogP contribution is -2.27. The van der Waals surface area contributed by atoms with E-state index in [-0.39, 0.29) is 11.8 Å². The number of hydrogen-bond donors (Lipinski definition) is 2. The third-order valence-electron chi connectivity index (χ3n) is 2.80. The largest absolute Gasteiger partial charge is 0.352 e. The molecule has 0 atom stereocenters. The van der Waals surface area contributed by atoms with Gasteiger partial charge in [0.05, 0.1) is 0 Å². The molecule has 0 aliphatic heterocycles. The van der Waals surface area contributed by atoms with E-state index in [2.05, 4.69) is 5.32 Å². The van der Waals surface area contributed by atoms with Crippen molar-refractivity contribution in [2.24, 2.45) is 5.73 Å². The van der Waals surface area contributed by atoms with Gasteiger partial charge in [0.25, 0.3) is 5.91 Å². The molecule has 0 fully saturated rings. The summed E-state index contributed by atoms with van der Waals surface area (Å²) < 4.78 is 0. The van der Waals surface area contributed by atoms with Crippen LogP contribution in [0.15, 0.2) is 24.3 Å². The normalized spacial score (nSPS) is 10.1. The first-order valence-corrected chi connectivity index (χ1v) is 6.32. The predicted octanol–water partition coefficient (Wildman–Crippen LogP) is 0.743. The molecule has 19 heavy (non-hydrogen) atoms. The minimum atomic E-state index is -0.124. The van der Waals surface area contributed by atoms with Crippen LogP contribution in [0.3, 0.4) is 0 Å². The molecular formula is C14H21N3O2. The Morgan fingerprint density at radius 2 is 1.84 bits per heavy atom. The third kappa shape index (κ3) is 5.09. The highest BCUT2D eigenvalue weighted by molar-refractivity contribution is 5.94. The van der Waals surface area contributed by atoms with Gasteiger partial charge in [-0.2, -0.15) is 0 Å². The quantitative estimate of drug-likeness (QED) is 0.743. The number of amides is 2. The van der Waals surface area contributed by atoms with Crippen LogP contribution >= 0.6 is 0 Å². The molecule has 5 nitrogen and oxygen atoms in total. The van der Waals surface area contributed by atoms with Crippen LogP contribution in [0.5, 0.6) is 0 Å². The van der Waals surface area contributed by atoms with Crippen LogP contribution in [0, 0.1) is 0 Å². The Hall–Kier alpha value is -1.88. The average Bonchev–Trinajstić information content (AvgIpc) is 2.43. The van der Waals surface area contributed by atoms with Gasteiger partial charge in [0.2, 0.25) is 5.91 Å². The van der Waals surface area contributed by atoms with Gasteiger partial charge in [-0.25, -0.2) is 0 Å². The third-order valence-corrected chi connectivity index (χ3v) is 2.80. The topological polar surface area (TPSA) is 75.4 Å². The van der Waals surface area contributed by atoms with Gasteiger partial charge in [-0.3, -0.25) is 9.59 Å². The molecule has 1 rings (SSSR count). The Balaban J connectivity index is 2.33. The SMILES string of the molecule is CN(C)C(=O)CCCNC(=O)c1ccc(CN)cc1. The molecular weight excluding hydrogens is 242 g/mol. The van der Waals surface area contributed by atoms with Crippen LogP contribution in [0.2, 0.25) is 0 Å². The number of carbonyl (C=O) groups excluding carboxylic acids is 2.